The van der Waals surface area contributed by atoms with Crippen LogP contribution in [0.1, 0.15) is 30.4 Å². The second-order valence-electron chi connectivity index (χ2n) is 7.47. The van der Waals surface area contributed by atoms with E-state index in [9.17, 15) is 4.79 Å². The number of nitrogens with zero attached hydrogens (tertiary/aromatic N) is 1. The molecular formula is C22H25NO3. The molecule has 2 aliphatic rings. The van der Waals surface area contributed by atoms with Gasteiger partial charge in [-0.15, -0.1) is 0 Å². The first-order valence-electron chi connectivity index (χ1n) is 9.34. The number of benzene rings is 2. The monoisotopic (exact) mass is 351 g/mol. The molecule has 0 aromatic heterocycles. The lowest BCUT2D eigenvalue weighted by molar-refractivity contribution is -0.138. The maximum atomic E-state index is 12.4. The molecule has 0 unspecified atom stereocenters. The summed E-state index contributed by atoms with van der Waals surface area (Å²) in [6.45, 7) is 3.61. The second-order valence-corrected chi connectivity index (χ2v) is 7.47. The van der Waals surface area contributed by atoms with Gasteiger partial charge in [0.2, 0.25) is 5.91 Å². The minimum absolute atomic E-state index is 0.176. The molecule has 0 saturated carbocycles. The summed E-state index contributed by atoms with van der Waals surface area (Å²) in [5.74, 6) is 1.09. The van der Waals surface area contributed by atoms with Crippen LogP contribution in [0.25, 0.3) is 0 Å². The van der Waals surface area contributed by atoms with Gasteiger partial charge in [-0.25, -0.2) is 0 Å². The number of ether oxygens (including phenoxy) is 2. The van der Waals surface area contributed by atoms with Crippen molar-refractivity contribution in [3.05, 3.63) is 65.7 Å². The number of piperidine rings is 1. The smallest absolute Gasteiger partial charge is 0.222 e. The lowest BCUT2D eigenvalue weighted by atomic mass is 9.79. The Morgan fingerprint density at radius 1 is 1.04 bits per heavy atom. The fourth-order valence-electron chi connectivity index (χ4n) is 3.91. The zero-order chi connectivity index (χ0) is 17.8. The zero-order valence-corrected chi connectivity index (χ0v) is 15.0. The highest BCUT2D eigenvalue weighted by atomic mass is 16.5. The number of rotatable bonds is 5. The molecule has 2 heterocycles. The van der Waals surface area contributed by atoms with Gasteiger partial charge in [0, 0.05) is 31.5 Å². The topological polar surface area (TPSA) is 38.8 Å². The SMILES string of the molecule is O=C1CC[C@@]2(CCOC2)CN1Cc1cccc(OCc2ccccc2)c1. The van der Waals surface area contributed by atoms with Crippen LogP contribution in [-0.2, 0) is 22.7 Å². The van der Waals surface area contributed by atoms with Crippen molar-refractivity contribution in [3.8, 4) is 5.75 Å². The summed E-state index contributed by atoms with van der Waals surface area (Å²) < 4.78 is 11.5. The van der Waals surface area contributed by atoms with Crippen LogP contribution in [0.15, 0.2) is 54.6 Å². The number of hydrogen-bond donors (Lipinski definition) is 0. The molecule has 0 aliphatic carbocycles. The van der Waals surface area contributed by atoms with Gasteiger partial charge in [-0.1, -0.05) is 42.5 Å². The molecule has 2 aliphatic heterocycles. The molecule has 2 aromatic carbocycles. The van der Waals surface area contributed by atoms with E-state index in [0.29, 0.717) is 19.6 Å². The third-order valence-electron chi connectivity index (χ3n) is 5.45. The Bertz CT molecular complexity index is 753. The highest BCUT2D eigenvalue weighted by molar-refractivity contribution is 5.77. The number of likely N-dealkylation sites (tertiary alicyclic amines) is 1. The maximum Gasteiger partial charge on any atom is 0.222 e. The summed E-state index contributed by atoms with van der Waals surface area (Å²) in [7, 11) is 0. The molecule has 0 N–H and O–H groups in total. The molecule has 1 amide bonds. The zero-order valence-electron chi connectivity index (χ0n) is 15.0. The van der Waals surface area contributed by atoms with Crippen LogP contribution < -0.4 is 4.74 Å². The summed E-state index contributed by atoms with van der Waals surface area (Å²) in [6, 6.07) is 18.2. The predicted octanol–water partition coefficient (Wildman–Crippen LogP) is 3.79. The van der Waals surface area contributed by atoms with Gasteiger partial charge in [-0.2, -0.15) is 0 Å². The van der Waals surface area contributed by atoms with Crippen molar-refractivity contribution in [2.75, 3.05) is 19.8 Å². The Balaban J connectivity index is 1.40. The van der Waals surface area contributed by atoms with E-state index in [0.717, 1.165) is 49.5 Å². The van der Waals surface area contributed by atoms with E-state index < -0.39 is 0 Å². The van der Waals surface area contributed by atoms with E-state index in [4.69, 9.17) is 9.47 Å². The van der Waals surface area contributed by atoms with E-state index in [1.54, 1.807) is 0 Å². The van der Waals surface area contributed by atoms with Crippen molar-refractivity contribution in [1.82, 2.24) is 4.90 Å². The number of hydrogen-bond acceptors (Lipinski definition) is 3. The molecule has 136 valence electrons. The average Bonchev–Trinajstić information content (AvgIpc) is 3.13. The lowest BCUT2D eigenvalue weighted by Gasteiger charge is -2.39. The van der Waals surface area contributed by atoms with Gasteiger partial charge in [-0.3, -0.25) is 4.79 Å². The standard InChI is InChI=1S/C22H25NO3/c24-21-9-10-22(11-12-25-17-22)16-23(21)14-19-7-4-8-20(13-19)26-15-18-5-2-1-3-6-18/h1-8,13H,9-12,14-17H2/t22-/m1/s1. The first-order valence-corrected chi connectivity index (χ1v) is 9.34. The summed E-state index contributed by atoms with van der Waals surface area (Å²) in [6.07, 6.45) is 2.66. The van der Waals surface area contributed by atoms with E-state index in [1.165, 1.54) is 0 Å². The molecule has 1 atom stereocenters. The Kier molecular flexibility index (Phi) is 4.93. The van der Waals surface area contributed by atoms with Gasteiger partial charge in [0.05, 0.1) is 6.61 Å². The molecule has 2 fully saturated rings. The van der Waals surface area contributed by atoms with E-state index >= 15 is 0 Å². The van der Waals surface area contributed by atoms with Gasteiger partial charge < -0.3 is 14.4 Å². The number of carbonyl (C=O) groups excluding carboxylic acids is 1. The number of amides is 1. The van der Waals surface area contributed by atoms with Crippen molar-refractivity contribution < 1.29 is 14.3 Å². The van der Waals surface area contributed by atoms with Crippen LogP contribution in [0.3, 0.4) is 0 Å². The molecule has 4 rings (SSSR count). The van der Waals surface area contributed by atoms with Crippen LogP contribution in [-0.4, -0.2) is 30.6 Å². The third kappa shape index (κ3) is 3.91. The number of carbonyl (C=O) groups is 1. The summed E-state index contributed by atoms with van der Waals surface area (Å²) >= 11 is 0. The lowest BCUT2D eigenvalue weighted by Crippen LogP contribution is -2.46. The van der Waals surface area contributed by atoms with Gasteiger partial charge in [-0.05, 0) is 36.1 Å². The fourth-order valence-corrected chi connectivity index (χ4v) is 3.91. The quantitative estimate of drug-likeness (QED) is 0.823. The van der Waals surface area contributed by atoms with Crippen molar-refractivity contribution in [2.45, 2.75) is 32.4 Å². The van der Waals surface area contributed by atoms with Crippen molar-refractivity contribution >= 4 is 5.91 Å². The highest BCUT2D eigenvalue weighted by Crippen LogP contribution is 2.38. The Labute approximate surface area is 154 Å². The van der Waals surface area contributed by atoms with Crippen molar-refractivity contribution in [2.24, 2.45) is 5.41 Å². The summed E-state index contributed by atoms with van der Waals surface area (Å²) in [5, 5.41) is 0. The molecule has 2 aromatic rings. The Morgan fingerprint density at radius 2 is 1.88 bits per heavy atom. The molecule has 0 bridgehead atoms. The summed E-state index contributed by atoms with van der Waals surface area (Å²) in [4.78, 5) is 14.4. The average molecular weight is 351 g/mol. The van der Waals surface area contributed by atoms with Gasteiger partial charge in [0.25, 0.3) is 0 Å². The minimum atomic E-state index is 0.176. The van der Waals surface area contributed by atoms with Crippen LogP contribution >= 0.6 is 0 Å². The second kappa shape index (κ2) is 7.50. The molecule has 1 spiro atoms. The molecule has 2 saturated heterocycles. The molecule has 4 heteroatoms. The normalized spacial score (nSPS) is 22.8. The largest absolute Gasteiger partial charge is 0.489 e. The highest BCUT2D eigenvalue weighted by Gasteiger charge is 2.41. The maximum absolute atomic E-state index is 12.4. The molecule has 0 radical (unpaired) electrons. The summed E-state index contributed by atoms with van der Waals surface area (Å²) in [5.41, 5.74) is 2.43. The Morgan fingerprint density at radius 3 is 2.69 bits per heavy atom. The van der Waals surface area contributed by atoms with Crippen molar-refractivity contribution in [3.63, 3.8) is 0 Å². The van der Waals surface area contributed by atoms with Crippen LogP contribution in [0, 0.1) is 5.41 Å². The first kappa shape index (κ1) is 17.1. The molecule has 26 heavy (non-hydrogen) atoms. The van der Waals surface area contributed by atoms with Crippen LogP contribution in [0.2, 0.25) is 0 Å². The van der Waals surface area contributed by atoms with E-state index in [-0.39, 0.29) is 11.3 Å². The van der Waals surface area contributed by atoms with E-state index in [1.807, 2.05) is 41.3 Å². The van der Waals surface area contributed by atoms with Crippen LogP contribution in [0.4, 0.5) is 0 Å². The predicted molar refractivity (Wildman–Crippen MR) is 99.7 cm³/mol. The molecular weight excluding hydrogens is 326 g/mol. The minimum Gasteiger partial charge on any atom is -0.489 e. The first-order chi connectivity index (χ1) is 12.7. The van der Waals surface area contributed by atoms with Crippen molar-refractivity contribution in [1.29, 1.82) is 0 Å². The van der Waals surface area contributed by atoms with Gasteiger partial charge >= 0.3 is 0 Å². The van der Waals surface area contributed by atoms with Crippen LogP contribution in [0.5, 0.6) is 5.75 Å². The van der Waals surface area contributed by atoms with Gasteiger partial charge in [0.1, 0.15) is 12.4 Å². The Hall–Kier alpha value is -2.33. The van der Waals surface area contributed by atoms with Gasteiger partial charge in [0.15, 0.2) is 0 Å². The molecule has 4 nitrogen and oxygen atoms in total. The third-order valence-corrected chi connectivity index (χ3v) is 5.45. The van der Waals surface area contributed by atoms with E-state index in [2.05, 4.69) is 18.2 Å². The fraction of sp³-hybridized carbons (Fsp3) is 0.409.